The van der Waals surface area contributed by atoms with Crippen molar-refractivity contribution in [3.63, 3.8) is 0 Å². The van der Waals surface area contributed by atoms with Gasteiger partial charge in [-0.1, -0.05) is 32.3 Å². The fraction of sp³-hybridized carbons (Fsp3) is 0.815. The number of Topliss-reactive ketones (excluding diaryl/α,β-unsaturated/α-hetero) is 1. The number of hydrogen-bond donors (Lipinski definition) is 2. The molecule has 6 heteroatoms. The molecule has 0 saturated heterocycles. The number of carbonyl (C=O) groups is 3. The third-order valence-electron chi connectivity index (χ3n) is 10.5. The lowest BCUT2D eigenvalue weighted by atomic mass is 9.45. The number of esters is 1. The molecule has 5 rings (SSSR count). The van der Waals surface area contributed by atoms with Crippen LogP contribution in [-0.4, -0.2) is 46.1 Å². The second-order valence-corrected chi connectivity index (χ2v) is 12.0. The van der Waals surface area contributed by atoms with Crippen LogP contribution in [0.4, 0.5) is 0 Å². The normalized spacial score (nSPS) is 45.1. The lowest BCUT2D eigenvalue weighted by molar-refractivity contribution is -0.185. The quantitative estimate of drug-likeness (QED) is 0.625. The van der Waals surface area contributed by atoms with Gasteiger partial charge in [-0.3, -0.25) is 14.4 Å². The molecule has 0 aromatic carbocycles. The zero-order valence-corrected chi connectivity index (χ0v) is 20.0. The number of rotatable bonds is 4. The first-order chi connectivity index (χ1) is 15.6. The van der Waals surface area contributed by atoms with Crippen LogP contribution in [0.1, 0.15) is 84.5 Å². The number of allylic oxidation sites excluding steroid dienone is 1. The van der Waals surface area contributed by atoms with Crippen molar-refractivity contribution in [1.29, 1.82) is 0 Å². The molecule has 0 unspecified atom stereocenters. The third-order valence-corrected chi connectivity index (χ3v) is 10.5. The van der Waals surface area contributed by atoms with Crippen molar-refractivity contribution in [2.24, 2.45) is 34.5 Å². The molecule has 4 saturated carbocycles. The fourth-order valence-electron chi connectivity index (χ4n) is 8.69. The molecular formula is C27H38O6. The van der Waals surface area contributed by atoms with E-state index in [9.17, 15) is 24.6 Å². The summed E-state index contributed by atoms with van der Waals surface area (Å²) in [4.78, 5) is 37.7. The summed E-state index contributed by atoms with van der Waals surface area (Å²) in [7, 11) is 0. The van der Waals surface area contributed by atoms with Crippen LogP contribution < -0.4 is 0 Å². The summed E-state index contributed by atoms with van der Waals surface area (Å²) in [5, 5.41) is 23.2. The van der Waals surface area contributed by atoms with E-state index in [1.54, 1.807) is 0 Å². The van der Waals surface area contributed by atoms with E-state index in [1.165, 1.54) is 5.57 Å². The van der Waals surface area contributed by atoms with E-state index in [0.717, 1.165) is 51.4 Å². The van der Waals surface area contributed by atoms with Gasteiger partial charge in [0, 0.05) is 11.8 Å². The van der Waals surface area contributed by atoms with Crippen molar-refractivity contribution in [2.45, 2.75) is 96.2 Å². The zero-order valence-electron chi connectivity index (χ0n) is 20.0. The molecule has 0 radical (unpaired) electrons. The molecule has 0 spiro atoms. The van der Waals surface area contributed by atoms with Crippen molar-refractivity contribution < 1.29 is 29.3 Å². The van der Waals surface area contributed by atoms with E-state index in [4.69, 9.17) is 4.74 Å². The molecule has 182 valence electrons. The Morgan fingerprint density at radius 3 is 2.55 bits per heavy atom. The second kappa shape index (κ2) is 8.01. The fourth-order valence-corrected chi connectivity index (χ4v) is 8.69. The summed E-state index contributed by atoms with van der Waals surface area (Å²) in [6.45, 7) is 3.77. The first kappa shape index (κ1) is 23.2. The number of aliphatic hydroxyl groups excluding tert-OH is 1. The van der Waals surface area contributed by atoms with Crippen LogP contribution >= 0.6 is 0 Å². The van der Waals surface area contributed by atoms with E-state index in [0.29, 0.717) is 19.3 Å². The van der Waals surface area contributed by atoms with Crippen LogP contribution in [0.25, 0.3) is 0 Å². The first-order valence-corrected chi connectivity index (χ1v) is 12.9. The van der Waals surface area contributed by atoms with Gasteiger partial charge >= 0.3 is 5.97 Å². The Hall–Kier alpha value is -1.53. The predicted octanol–water partition coefficient (Wildman–Crippen LogP) is 3.52. The van der Waals surface area contributed by atoms with Gasteiger partial charge in [0.05, 0.1) is 12.0 Å². The minimum atomic E-state index is -1.58. The van der Waals surface area contributed by atoms with Crippen LogP contribution in [0.3, 0.4) is 0 Å². The maximum absolute atomic E-state index is 13.3. The topological polar surface area (TPSA) is 101 Å². The van der Waals surface area contributed by atoms with Gasteiger partial charge in [-0.15, -0.1) is 0 Å². The predicted molar refractivity (Wildman–Crippen MR) is 121 cm³/mol. The maximum Gasteiger partial charge on any atom is 0.309 e. The molecule has 6 nitrogen and oxygen atoms in total. The number of hydrogen-bond acceptors (Lipinski definition) is 6. The van der Waals surface area contributed by atoms with E-state index in [2.05, 4.69) is 6.92 Å². The van der Waals surface area contributed by atoms with Gasteiger partial charge < -0.3 is 14.9 Å². The largest absolute Gasteiger partial charge is 0.457 e. The minimum Gasteiger partial charge on any atom is -0.457 e. The maximum atomic E-state index is 13.3. The molecule has 7 atom stereocenters. The number of fused-ring (bicyclic) bond motifs is 5. The Morgan fingerprint density at radius 1 is 1.09 bits per heavy atom. The summed E-state index contributed by atoms with van der Waals surface area (Å²) in [6, 6.07) is 0. The Labute approximate surface area is 196 Å². The van der Waals surface area contributed by atoms with Crippen molar-refractivity contribution in [1.82, 2.24) is 0 Å². The molecule has 0 aliphatic heterocycles. The highest BCUT2D eigenvalue weighted by atomic mass is 16.5. The van der Waals surface area contributed by atoms with Crippen LogP contribution in [0, 0.1) is 34.5 Å². The lowest BCUT2D eigenvalue weighted by Gasteiger charge is -2.60. The van der Waals surface area contributed by atoms with Crippen LogP contribution in [0.15, 0.2) is 11.6 Å². The summed E-state index contributed by atoms with van der Waals surface area (Å²) in [5.41, 5.74) is -1.35. The number of carbonyl (C=O) groups excluding carboxylic acids is 3. The third kappa shape index (κ3) is 3.38. The van der Waals surface area contributed by atoms with E-state index < -0.39 is 22.9 Å². The highest BCUT2D eigenvalue weighted by Gasteiger charge is 2.68. The smallest absolute Gasteiger partial charge is 0.309 e. The lowest BCUT2D eigenvalue weighted by Crippen LogP contribution is -2.62. The Balaban J connectivity index is 1.36. The second-order valence-electron chi connectivity index (χ2n) is 12.0. The van der Waals surface area contributed by atoms with Crippen LogP contribution in [0.5, 0.6) is 0 Å². The minimum absolute atomic E-state index is 0.0429. The van der Waals surface area contributed by atoms with E-state index in [-0.39, 0.29) is 47.4 Å². The molecule has 0 amide bonds. The standard InChI is InChI=1S/C27H38O6/c1-25-11-9-18(28)13-17(25)7-8-19-20-10-12-27(32,26(20,2)14-21(29)23(19)25)22(30)15-33-24(31)16-5-3-4-6-16/h13,16,19-21,23,29,32H,3-12,14-15H2,1-2H3/t19-,20-,21-,23+,25-,26-,27+/m0/s1. The first-order valence-electron chi connectivity index (χ1n) is 12.9. The van der Waals surface area contributed by atoms with E-state index in [1.807, 2.05) is 13.0 Å². The Kier molecular flexibility index (Phi) is 5.64. The monoisotopic (exact) mass is 458 g/mol. The Morgan fingerprint density at radius 2 is 1.82 bits per heavy atom. The molecule has 0 heterocycles. The average molecular weight is 459 g/mol. The van der Waals surface area contributed by atoms with Gasteiger partial charge in [-0.25, -0.2) is 0 Å². The van der Waals surface area contributed by atoms with Crippen molar-refractivity contribution in [3.05, 3.63) is 11.6 Å². The summed E-state index contributed by atoms with van der Waals surface area (Å²) >= 11 is 0. The molecule has 0 aromatic rings. The van der Waals surface area contributed by atoms with Gasteiger partial charge in [0.2, 0.25) is 5.78 Å². The summed E-state index contributed by atoms with van der Waals surface area (Å²) in [5.74, 6) is -0.303. The molecule has 2 N–H and O–H groups in total. The molecule has 4 fully saturated rings. The van der Waals surface area contributed by atoms with Gasteiger partial charge in [0.1, 0.15) is 5.60 Å². The number of ether oxygens (including phenoxy) is 1. The summed E-state index contributed by atoms with van der Waals surface area (Å²) in [6.07, 6.45) is 9.26. The molecule has 5 aliphatic rings. The van der Waals surface area contributed by atoms with Crippen molar-refractivity contribution in [3.8, 4) is 0 Å². The zero-order chi connectivity index (χ0) is 23.6. The SMILES string of the molecule is C[C@]12CCC(=O)C=C1CC[C@@H]1[C@@H]2[C@@H](O)C[C@@]2(C)[C@H]1CC[C@@]2(O)C(=O)COC(=O)C1CCCC1. The molecule has 0 bridgehead atoms. The molecule has 33 heavy (non-hydrogen) atoms. The summed E-state index contributed by atoms with van der Waals surface area (Å²) < 4.78 is 5.37. The van der Waals surface area contributed by atoms with Gasteiger partial charge in [0.15, 0.2) is 12.4 Å². The molecule has 5 aliphatic carbocycles. The average Bonchev–Trinajstić information content (AvgIpc) is 3.39. The number of aliphatic hydroxyl groups is 2. The highest BCUT2D eigenvalue weighted by molar-refractivity contribution is 5.92. The van der Waals surface area contributed by atoms with Crippen LogP contribution in [0.2, 0.25) is 0 Å². The highest BCUT2D eigenvalue weighted by Crippen LogP contribution is 2.67. The molecular weight excluding hydrogens is 420 g/mol. The number of ketones is 2. The van der Waals surface area contributed by atoms with Gasteiger partial charge in [0.25, 0.3) is 0 Å². The van der Waals surface area contributed by atoms with Crippen molar-refractivity contribution >= 4 is 17.5 Å². The van der Waals surface area contributed by atoms with Crippen LogP contribution in [-0.2, 0) is 19.1 Å². The van der Waals surface area contributed by atoms with Crippen molar-refractivity contribution in [2.75, 3.05) is 6.61 Å². The van der Waals surface area contributed by atoms with Gasteiger partial charge in [-0.05, 0) is 80.6 Å². The van der Waals surface area contributed by atoms with E-state index >= 15 is 0 Å². The molecule has 0 aromatic heterocycles. The Bertz CT molecular complexity index is 887. The van der Waals surface area contributed by atoms with Gasteiger partial charge in [-0.2, -0.15) is 0 Å².